The molecule has 3 rings (SSSR count). The van der Waals surface area contributed by atoms with Gasteiger partial charge in [-0.3, -0.25) is 9.52 Å². The molecular weight excluding hydrogens is 452 g/mol. The minimum absolute atomic E-state index is 0.105. The zero-order chi connectivity index (χ0) is 20.9. The summed E-state index contributed by atoms with van der Waals surface area (Å²) in [6, 6.07) is 20.6. The van der Waals surface area contributed by atoms with Gasteiger partial charge < -0.3 is 5.32 Å². The second-order valence-electron chi connectivity index (χ2n) is 6.37. The van der Waals surface area contributed by atoms with E-state index in [1.165, 1.54) is 18.2 Å². The van der Waals surface area contributed by atoms with Gasteiger partial charge in [-0.2, -0.15) is 0 Å². The second-order valence-corrected chi connectivity index (χ2v) is 8.97. The number of sulfonamides is 1. The smallest absolute Gasteiger partial charge is 0.261 e. The monoisotopic (exact) mass is 470 g/mol. The van der Waals surface area contributed by atoms with Gasteiger partial charge in [0, 0.05) is 21.9 Å². The van der Waals surface area contributed by atoms with E-state index in [4.69, 9.17) is 0 Å². The van der Waals surface area contributed by atoms with Crippen molar-refractivity contribution in [3.8, 4) is 0 Å². The highest BCUT2D eigenvalue weighted by atomic mass is 79.9. The molecule has 148 valence electrons. The quantitative estimate of drug-likeness (QED) is 0.485. The van der Waals surface area contributed by atoms with Crippen LogP contribution in [0.2, 0.25) is 0 Å². The van der Waals surface area contributed by atoms with Crippen LogP contribution >= 0.6 is 15.9 Å². The van der Waals surface area contributed by atoms with Gasteiger partial charge in [0.1, 0.15) is 0 Å². The topological polar surface area (TPSA) is 75.3 Å². The Labute approximate surface area is 178 Å². The highest BCUT2D eigenvalue weighted by Gasteiger charge is 2.14. The zero-order valence-electron chi connectivity index (χ0n) is 15.6. The molecule has 3 aromatic rings. The highest BCUT2D eigenvalue weighted by Crippen LogP contribution is 2.20. The number of halogens is 1. The summed E-state index contributed by atoms with van der Waals surface area (Å²) in [6.45, 7) is 2.00. The van der Waals surface area contributed by atoms with E-state index in [9.17, 15) is 13.2 Å². The summed E-state index contributed by atoms with van der Waals surface area (Å²) >= 11 is 3.31. The summed E-state index contributed by atoms with van der Waals surface area (Å²) in [4.78, 5) is 12.2. The lowest BCUT2D eigenvalue weighted by molar-refractivity contribution is -0.111. The maximum absolute atomic E-state index is 12.5. The minimum atomic E-state index is -3.71. The number of carbonyl (C=O) groups excluding carboxylic acids is 1. The van der Waals surface area contributed by atoms with Gasteiger partial charge in [-0.15, -0.1) is 0 Å². The summed E-state index contributed by atoms with van der Waals surface area (Å²) in [6.07, 6.45) is 3.15. The van der Waals surface area contributed by atoms with Crippen LogP contribution < -0.4 is 10.0 Å². The molecule has 0 aromatic heterocycles. The van der Waals surface area contributed by atoms with Crippen molar-refractivity contribution in [1.82, 2.24) is 0 Å². The van der Waals surface area contributed by atoms with E-state index in [0.717, 1.165) is 15.6 Å². The van der Waals surface area contributed by atoms with Crippen molar-refractivity contribution < 1.29 is 13.2 Å². The minimum Gasteiger partial charge on any atom is -0.323 e. The van der Waals surface area contributed by atoms with Gasteiger partial charge >= 0.3 is 0 Å². The number of hydrogen-bond acceptors (Lipinski definition) is 3. The molecule has 0 heterocycles. The Balaban J connectivity index is 1.63. The van der Waals surface area contributed by atoms with E-state index >= 15 is 0 Å². The van der Waals surface area contributed by atoms with Crippen LogP contribution in [0.3, 0.4) is 0 Å². The number of hydrogen-bond donors (Lipinski definition) is 2. The van der Waals surface area contributed by atoms with E-state index in [0.29, 0.717) is 11.4 Å². The number of anilines is 2. The first kappa shape index (κ1) is 20.8. The summed E-state index contributed by atoms with van der Waals surface area (Å²) in [5.74, 6) is -0.297. The zero-order valence-corrected chi connectivity index (χ0v) is 18.0. The molecule has 5 nitrogen and oxygen atoms in total. The third-order valence-corrected chi connectivity index (χ3v) is 5.96. The molecule has 0 fully saturated rings. The second kappa shape index (κ2) is 9.07. The molecule has 0 saturated carbocycles. The maximum atomic E-state index is 12.5. The summed E-state index contributed by atoms with van der Waals surface area (Å²) in [5, 5.41) is 2.71. The Morgan fingerprint density at radius 1 is 0.862 bits per heavy atom. The molecule has 0 aliphatic heterocycles. The third-order valence-electron chi connectivity index (χ3n) is 4.03. The molecule has 0 bridgehead atoms. The molecule has 7 heteroatoms. The summed E-state index contributed by atoms with van der Waals surface area (Å²) in [5.41, 5.74) is 3.04. The van der Waals surface area contributed by atoms with E-state index < -0.39 is 10.0 Å². The predicted molar refractivity (Wildman–Crippen MR) is 120 cm³/mol. The fourth-order valence-corrected chi connectivity index (χ4v) is 3.81. The van der Waals surface area contributed by atoms with E-state index in [1.807, 2.05) is 31.2 Å². The Bertz CT molecular complexity index is 1120. The van der Waals surface area contributed by atoms with Gasteiger partial charge in [-0.25, -0.2) is 8.42 Å². The van der Waals surface area contributed by atoms with Crippen LogP contribution in [0.4, 0.5) is 11.4 Å². The SMILES string of the molecule is Cc1ccc(/C=C/C(=O)Nc2ccc(S(=O)(=O)Nc3ccc(Br)cc3)cc2)cc1. The summed E-state index contributed by atoms with van der Waals surface area (Å²) < 4.78 is 28.3. The average molecular weight is 471 g/mol. The number of nitrogens with one attached hydrogen (secondary N) is 2. The molecule has 1 amide bonds. The molecule has 0 aliphatic rings. The first-order valence-electron chi connectivity index (χ1n) is 8.76. The van der Waals surface area contributed by atoms with Gasteiger partial charge in [0.05, 0.1) is 4.90 Å². The molecule has 0 spiro atoms. The molecule has 0 saturated heterocycles. The Kier molecular flexibility index (Phi) is 6.51. The van der Waals surface area contributed by atoms with Gasteiger partial charge in [0.2, 0.25) is 5.91 Å². The van der Waals surface area contributed by atoms with Crippen LogP contribution in [-0.4, -0.2) is 14.3 Å². The van der Waals surface area contributed by atoms with Gasteiger partial charge in [0.15, 0.2) is 0 Å². The van der Waals surface area contributed by atoms with Crippen molar-refractivity contribution in [2.45, 2.75) is 11.8 Å². The number of benzene rings is 3. The van der Waals surface area contributed by atoms with E-state index in [1.54, 1.807) is 42.5 Å². The lowest BCUT2D eigenvalue weighted by atomic mass is 10.1. The number of carbonyl (C=O) groups is 1. The Morgan fingerprint density at radius 2 is 1.45 bits per heavy atom. The standard InChI is InChI=1S/C22H19BrN2O3S/c1-16-2-4-17(5-3-16)6-15-22(26)24-19-11-13-21(14-12-19)29(27,28)25-20-9-7-18(23)8-10-20/h2-15,25H,1H3,(H,24,26)/b15-6+. The molecule has 3 aromatic carbocycles. The van der Waals surface area contributed by atoms with Crippen LogP contribution in [0.15, 0.2) is 88.2 Å². The van der Waals surface area contributed by atoms with Crippen LogP contribution in [0.1, 0.15) is 11.1 Å². The van der Waals surface area contributed by atoms with Crippen LogP contribution in [-0.2, 0) is 14.8 Å². The highest BCUT2D eigenvalue weighted by molar-refractivity contribution is 9.10. The molecular formula is C22H19BrN2O3S. The van der Waals surface area contributed by atoms with Gasteiger partial charge in [0.25, 0.3) is 10.0 Å². The van der Waals surface area contributed by atoms with E-state index in [-0.39, 0.29) is 10.8 Å². The largest absolute Gasteiger partial charge is 0.323 e. The molecule has 0 radical (unpaired) electrons. The maximum Gasteiger partial charge on any atom is 0.261 e. The Hall–Kier alpha value is -2.90. The van der Waals surface area contributed by atoms with E-state index in [2.05, 4.69) is 26.0 Å². The van der Waals surface area contributed by atoms with Crippen LogP contribution in [0.5, 0.6) is 0 Å². The number of aryl methyl sites for hydroxylation is 1. The van der Waals surface area contributed by atoms with Gasteiger partial charge in [-0.1, -0.05) is 45.8 Å². The van der Waals surface area contributed by atoms with Crippen molar-refractivity contribution in [2.75, 3.05) is 10.0 Å². The number of amides is 1. The third kappa shape index (κ3) is 6.04. The normalized spacial score (nSPS) is 11.4. The Morgan fingerprint density at radius 3 is 2.07 bits per heavy atom. The van der Waals surface area contributed by atoms with Crippen molar-refractivity contribution in [1.29, 1.82) is 0 Å². The number of rotatable bonds is 6. The van der Waals surface area contributed by atoms with Crippen molar-refractivity contribution in [2.24, 2.45) is 0 Å². The van der Waals surface area contributed by atoms with Crippen molar-refractivity contribution in [3.05, 3.63) is 94.5 Å². The molecule has 2 N–H and O–H groups in total. The first-order chi connectivity index (χ1) is 13.8. The predicted octanol–water partition coefficient (Wildman–Crippen LogP) is 5.21. The molecule has 0 unspecified atom stereocenters. The van der Waals surface area contributed by atoms with Gasteiger partial charge in [-0.05, 0) is 67.1 Å². The van der Waals surface area contributed by atoms with Crippen molar-refractivity contribution >= 4 is 49.3 Å². The van der Waals surface area contributed by atoms with Crippen molar-refractivity contribution in [3.63, 3.8) is 0 Å². The molecule has 0 aliphatic carbocycles. The fourth-order valence-electron chi connectivity index (χ4n) is 2.48. The van der Waals surface area contributed by atoms with Crippen LogP contribution in [0.25, 0.3) is 6.08 Å². The lowest BCUT2D eigenvalue weighted by Crippen LogP contribution is -2.13. The first-order valence-corrected chi connectivity index (χ1v) is 11.0. The summed E-state index contributed by atoms with van der Waals surface area (Å²) in [7, 11) is -3.71. The fraction of sp³-hybridized carbons (Fsp3) is 0.0455. The molecule has 29 heavy (non-hydrogen) atoms. The van der Waals surface area contributed by atoms with Crippen LogP contribution in [0, 0.1) is 6.92 Å². The lowest BCUT2D eigenvalue weighted by Gasteiger charge is -2.09. The molecule has 0 atom stereocenters. The average Bonchev–Trinajstić information content (AvgIpc) is 2.70.